The van der Waals surface area contributed by atoms with Crippen molar-refractivity contribution in [3.8, 4) is 0 Å². The van der Waals surface area contributed by atoms with E-state index >= 15 is 0 Å². The summed E-state index contributed by atoms with van der Waals surface area (Å²) in [6.07, 6.45) is 0.523. The number of hydrogen-bond acceptors (Lipinski definition) is 10. The van der Waals surface area contributed by atoms with E-state index < -0.39 is 0 Å². The standard InChI is InChI=1S/C15H19N7OS2/c1-8(2)12-17-13(22(4)5)19-14(18-12)25-15-21-20-11(23-15)6-10-7-24-9(3)16-10/h7-8H,6H2,1-5H3. The van der Waals surface area contributed by atoms with E-state index in [-0.39, 0.29) is 5.92 Å². The monoisotopic (exact) mass is 377 g/mol. The molecule has 3 heterocycles. The minimum absolute atomic E-state index is 0.201. The lowest BCUT2D eigenvalue weighted by molar-refractivity contribution is 0.419. The Hall–Kier alpha value is -2.07. The first-order valence-electron chi connectivity index (χ1n) is 7.75. The molecule has 0 saturated heterocycles. The number of anilines is 1. The van der Waals surface area contributed by atoms with Gasteiger partial charge in [0.2, 0.25) is 17.0 Å². The first-order chi connectivity index (χ1) is 11.9. The zero-order valence-corrected chi connectivity index (χ0v) is 16.4. The molecule has 0 unspecified atom stereocenters. The third-order valence-corrected chi connectivity index (χ3v) is 4.69. The second-order valence-corrected chi connectivity index (χ2v) is 7.90. The van der Waals surface area contributed by atoms with Crippen LogP contribution in [0.25, 0.3) is 0 Å². The van der Waals surface area contributed by atoms with Gasteiger partial charge in [-0.2, -0.15) is 9.97 Å². The summed E-state index contributed by atoms with van der Waals surface area (Å²) in [6, 6.07) is 0. The molecule has 3 aromatic rings. The van der Waals surface area contributed by atoms with Crippen LogP contribution in [0.2, 0.25) is 0 Å². The van der Waals surface area contributed by atoms with Crippen LogP contribution >= 0.6 is 23.1 Å². The lowest BCUT2D eigenvalue weighted by atomic mass is 10.2. The van der Waals surface area contributed by atoms with Gasteiger partial charge in [-0.05, 0) is 6.92 Å². The second-order valence-electron chi connectivity index (χ2n) is 5.92. The Kier molecular flexibility index (Phi) is 5.28. The smallest absolute Gasteiger partial charge is 0.284 e. The fourth-order valence-corrected chi connectivity index (χ4v) is 3.19. The summed E-state index contributed by atoms with van der Waals surface area (Å²) in [4.78, 5) is 19.6. The molecule has 0 N–H and O–H groups in total. The van der Waals surface area contributed by atoms with Crippen LogP contribution in [-0.4, -0.2) is 44.2 Å². The van der Waals surface area contributed by atoms with Gasteiger partial charge in [0.25, 0.3) is 5.22 Å². The molecule has 10 heteroatoms. The number of hydrogen-bond donors (Lipinski definition) is 0. The highest BCUT2D eigenvalue weighted by atomic mass is 32.2. The summed E-state index contributed by atoms with van der Waals surface area (Å²) in [5.41, 5.74) is 0.930. The van der Waals surface area contributed by atoms with E-state index in [2.05, 4.69) is 30.1 Å². The molecule has 0 radical (unpaired) electrons. The molecule has 132 valence electrons. The molecule has 0 spiro atoms. The van der Waals surface area contributed by atoms with Crippen molar-refractivity contribution >= 4 is 29.0 Å². The maximum atomic E-state index is 5.69. The van der Waals surface area contributed by atoms with Crippen LogP contribution in [-0.2, 0) is 6.42 Å². The fourth-order valence-electron chi connectivity index (χ4n) is 1.94. The molecular formula is C15H19N7OS2. The first kappa shape index (κ1) is 17.7. The number of aryl methyl sites for hydroxylation is 1. The number of rotatable bonds is 6. The predicted octanol–water partition coefficient (Wildman–Crippen LogP) is 2.95. The number of nitrogens with zero attached hydrogens (tertiary/aromatic N) is 7. The Balaban J connectivity index is 1.78. The molecule has 0 aliphatic rings. The van der Waals surface area contributed by atoms with Crippen molar-refractivity contribution in [3.05, 3.63) is 27.8 Å². The van der Waals surface area contributed by atoms with Gasteiger partial charge in [0.05, 0.1) is 17.1 Å². The van der Waals surface area contributed by atoms with Crippen molar-refractivity contribution in [1.82, 2.24) is 30.1 Å². The van der Waals surface area contributed by atoms with Gasteiger partial charge in [0, 0.05) is 37.2 Å². The normalized spacial score (nSPS) is 11.3. The Bertz CT molecular complexity index is 833. The van der Waals surface area contributed by atoms with Gasteiger partial charge in [-0.3, -0.25) is 0 Å². The van der Waals surface area contributed by atoms with E-state index in [9.17, 15) is 0 Å². The van der Waals surface area contributed by atoms with Crippen molar-refractivity contribution in [1.29, 1.82) is 0 Å². The summed E-state index contributed by atoms with van der Waals surface area (Å²) in [6.45, 7) is 6.06. The molecule has 0 fully saturated rings. The van der Waals surface area contributed by atoms with Gasteiger partial charge >= 0.3 is 0 Å². The average Bonchev–Trinajstić information content (AvgIpc) is 3.16. The third-order valence-electron chi connectivity index (χ3n) is 3.16. The predicted molar refractivity (Wildman–Crippen MR) is 96.3 cm³/mol. The Labute approximate surface area is 154 Å². The van der Waals surface area contributed by atoms with Crippen LogP contribution in [0.4, 0.5) is 5.95 Å². The maximum absolute atomic E-state index is 5.69. The van der Waals surface area contributed by atoms with Gasteiger partial charge in [0.1, 0.15) is 5.82 Å². The van der Waals surface area contributed by atoms with E-state index in [1.165, 1.54) is 11.8 Å². The molecule has 25 heavy (non-hydrogen) atoms. The van der Waals surface area contributed by atoms with Gasteiger partial charge in [-0.15, -0.1) is 21.5 Å². The zero-order chi connectivity index (χ0) is 18.0. The van der Waals surface area contributed by atoms with E-state index in [1.807, 2.05) is 45.1 Å². The van der Waals surface area contributed by atoms with Crippen LogP contribution in [0, 0.1) is 6.92 Å². The van der Waals surface area contributed by atoms with Crippen LogP contribution in [0.5, 0.6) is 0 Å². The Morgan fingerprint density at radius 1 is 1.16 bits per heavy atom. The Morgan fingerprint density at radius 2 is 1.96 bits per heavy atom. The fraction of sp³-hybridized carbons (Fsp3) is 0.467. The minimum Gasteiger partial charge on any atom is -0.415 e. The average molecular weight is 377 g/mol. The van der Waals surface area contributed by atoms with Crippen molar-refractivity contribution < 1.29 is 4.42 Å². The molecule has 0 amide bonds. The van der Waals surface area contributed by atoms with Gasteiger partial charge < -0.3 is 9.32 Å². The van der Waals surface area contributed by atoms with E-state index in [1.54, 1.807) is 11.3 Å². The molecule has 8 nitrogen and oxygen atoms in total. The highest BCUT2D eigenvalue weighted by molar-refractivity contribution is 7.98. The molecule has 0 aliphatic heterocycles. The highest BCUT2D eigenvalue weighted by Gasteiger charge is 2.15. The lowest BCUT2D eigenvalue weighted by Gasteiger charge is -2.13. The number of aromatic nitrogens is 6. The van der Waals surface area contributed by atoms with Crippen LogP contribution in [0.1, 0.15) is 42.2 Å². The van der Waals surface area contributed by atoms with Crippen LogP contribution in [0.3, 0.4) is 0 Å². The largest absolute Gasteiger partial charge is 0.415 e. The van der Waals surface area contributed by atoms with Crippen LogP contribution in [0.15, 0.2) is 20.2 Å². The second kappa shape index (κ2) is 7.44. The van der Waals surface area contributed by atoms with E-state index in [0.717, 1.165) is 16.5 Å². The summed E-state index contributed by atoms with van der Waals surface area (Å²) < 4.78 is 5.69. The van der Waals surface area contributed by atoms with Crippen molar-refractivity contribution in [2.45, 2.75) is 43.5 Å². The van der Waals surface area contributed by atoms with E-state index in [0.29, 0.717) is 28.6 Å². The first-order valence-corrected chi connectivity index (χ1v) is 9.45. The lowest BCUT2D eigenvalue weighted by Crippen LogP contribution is -2.15. The van der Waals surface area contributed by atoms with Gasteiger partial charge in [0.15, 0.2) is 0 Å². The minimum atomic E-state index is 0.201. The van der Waals surface area contributed by atoms with Crippen molar-refractivity contribution in [3.63, 3.8) is 0 Å². The zero-order valence-electron chi connectivity index (χ0n) is 14.7. The number of thiazole rings is 1. The third kappa shape index (κ3) is 4.51. The van der Waals surface area contributed by atoms with E-state index in [4.69, 9.17) is 4.42 Å². The maximum Gasteiger partial charge on any atom is 0.284 e. The molecule has 0 bridgehead atoms. The SMILES string of the molecule is Cc1nc(Cc2nnc(Sc3nc(C(C)C)nc(N(C)C)n3)o2)cs1. The molecule has 3 rings (SSSR count). The molecule has 0 aliphatic carbocycles. The summed E-state index contributed by atoms with van der Waals surface area (Å²) in [5.74, 6) is 2.07. The van der Waals surface area contributed by atoms with Crippen LogP contribution < -0.4 is 4.90 Å². The molecule has 0 aromatic carbocycles. The summed E-state index contributed by atoms with van der Waals surface area (Å²) in [7, 11) is 3.79. The molecule has 0 saturated carbocycles. The molecule has 0 atom stereocenters. The highest BCUT2D eigenvalue weighted by Crippen LogP contribution is 2.26. The Morgan fingerprint density at radius 3 is 2.60 bits per heavy atom. The van der Waals surface area contributed by atoms with Crippen molar-refractivity contribution in [2.24, 2.45) is 0 Å². The molecular weight excluding hydrogens is 358 g/mol. The summed E-state index contributed by atoms with van der Waals surface area (Å²) in [5, 5.41) is 12.1. The van der Waals surface area contributed by atoms with Gasteiger partial charge in [-0.1, -0.05) is 13.8 Å². The quantitative estimate of drug-likeness (QED) is 0.642. The van der Waals surface area contributed by atoms with Gasteiger partial charge in [-0.25, -0.2) is 9.97 Å². The topological polar surface area (TPSA) is 93.7 Å². The molecule has 3 aromatic heterocycles. The summed E-state index contributed by atoms with van der Waals surface area (Å²) >= 11 is 2.84. The van der Waals surface area contributed by atoms with Crippen molar-refractivity contribution in [2.75, 3.05) is 19.0 Å².